The second kappa shape index (κ2) is 7.00. The third-order valence-electron chi connectivity index (χ3n) is 3.91. The van der Waals surface area contributed by atoms with E-state index in [-0.39, 0.29) is 21.4 Å². The van der Waals surface area contributed by atoms with Gasteiger partial charge in [0.25, 0.3) is 10.0 Å². The smallest absolute Gasteiger partial charge is 0.339 e. The van der Waals surface area contributed by atoms with E-state index in [4.69, 9.17) is 5.11 Å². The molecule has 0 amide bonds. The monoisotopic (exact) mass is 379 g/mol. The van der Waals surface area contributed by atoms with Crippen LogP contribution in [-0.2, 0) is 17.1 Å². The zero-order valence-corrected chi connectivity index (χ0v) is 15.0. The summed E-state index contributed by atoms with van der Waals surface area (Å²) in [6.45, 7) is 3.32. The molecule has 0 fully saturated rings. The number of aromatic nitrogens is 1. The van der Waals surface area contributed by atoms with E-state index in [9.17, 15) is 23.1 Å². The van der Waals surface area contributed by atoms with Gasteiger partial charge in [-0.05, 0) is 44.2 Å². The lowest BCUT2D eigenvalue weighted by Crippen LogP contribution is -2.27. The molecule has 0 atom stereocenters. The van der Waals surface area contributed by atoms with E-state index in [1.807, 2.05) is 4.83 Å². The van der Waals surface area contributed by atoms with E-state index in [2.05, 4.69) is 5.10 Å². The van der Waals surface area contributed by atoms with Gasteiger partial charge in [0.1, 0.15) is 10.9 Å². The summed E-state index contributed by atoms with van der Waals surface area (Å²) in [4.78, 5) is 24.1. The van der Waals surface area contributed by atoms with E-state index in [1.165, 1.54) is 6.07 Å². The number of benzene rings is 1. The SMILES string of the molecule is Cc1cc(=NNS(=O)(=O)c2ccc(C(=O)O)cc2)c(C(=O)O)c(C)n1C. The van der Waals surface area contributed by atoms with E-state index in [0.29, 0.717) is 11.4 Å². The maximum absolute atomic E-state index is 12.3. The number of hydrogen-bond donors (Lipinski definition) is 3. The quantitative estimate of drug-likeness (QED) is 0.658. The average molecular weight is 379 g/mol. The summed E-state index contributed by atoms with van der Waals surface area (Å²) in [6, 6.07) is 6.00. The normalized spacial score (nSPS) is 12.0. The number of nitrogens with one attached hydrogen (secondary N) is 1. The Kier molecular flexibility index (Phi) is 5.17. The van der Waals surface area contributed by atoms with Crippen LogP contribution in [0.15, 0.2) is 40.3 Å². The summed E-state index contributed by atoms with van der Waals surface area (Å²) in [5.74, 6) is -2.41. The molecule has 1 aromatic carbocycles. The Morgan fingerprint density at radius 1 is 1.08 bits per heavy atom. The van der Waals surface area contributed by atoms with Crippen LogP contribution < -0.4 is 10.2 Å². The highest BCUT2D eigenvalue weighted by Crippen LogP contribution is 2.11. The molecule has 0 saturated carbocycles. The number of sulfonamides is 1. The van der Waals surface area contributed by atoms with Crippen molar-refractivity contribution in [3.05, 3.63) is 58.2 Å². The molecule has 2 aromatic rings. The predicted molar refractivity (Wildman–Crippen MR) is 91.1 cm³/mol. The molecular formula is C16H17N3O6S. The standard InChI is InChI=1S/C16H17N3O6S/c1-9-8-13(14(16(22)23)10(2)19(9)3)17-18-26(24,25)12-6-4-11(5-7-12)15(20)21/h4-8,18H,1-3H3,(H,20,21)(H,22,23). The molecule has 3 N–H and O–H groups in total. The minimum absolute atomic E-state index is 0.0312. The summed E-state index contributed by atoms with van der Waals surface area (Å²) in [5, 5.41) is 21.9. The van der Waals surface area contributed by atoms with Crippen LogP contribution in [0.3, 0.4) is 0 Å². The molecule has 0 aliphatic rings. The number of aryl methyl sites for hydroxylation is 1. The van der Waals surface area contributed by atoms with Crippen molar-refractivity contribution in [1.29, 1.82) is 0 Å². The Morgan fingerprint density at radius 2 is 1.65 bits per heavy atom. The zero-order chi connectivity index (χ0) is 19.6. The fourth-order valence-electron chi connectivity index (χ4n) is 2.28. The van der Waals surface area contributed by atoms with Gasteiger partial charge in [-0.3, -0.25) is 0 Å². The van der Waals surface area contributed by atoms with Crippen molar-refractivity contribution in [2.75, 3.05) is 0 Å². The number of aromatic carboxylic acids is 2. The van der Waals surface area contributed by atoms with E-state index in [1.54, 1.807) is 25.5 Å². The minimum atomic E-state index is -4.09. The van der Waals surface area contributed by atoms with Gasteiger partial charge in [0.05, 0.1) is 10.5 Å². The van der Waals surface area contributed by atoms with Gasteiger partial charge in [0.2, 0.25) is 0 Å². The molecule has 0 radical (unpaired) electrons. The second-order valence-corrected chi connectivity index (χ2v) is 7.19. The third kappa shape index (κ3) is 3.75. The lowest BCUT2D eigenvalue weighted by molar-refractivity contribution is 0.0684. The molecule has 138 valence electrons. The molecule has 2 rings (SSSR count). The average Bonchev–Trinajstić information content (AvgIpc) is 2.57. The zero-order valence-electron chi connectivity index (χ0n) is 14.2. The Bertz CT molecular complexity index is 1050. The van der Waals surface area contributed by atoms with Crippen LogP contribution in [0.5, 0.6) is 0 Å². The molecule has 1 heterocycles. The van der Waals surface area contributed by atoms with E-state index in [0.717, 1.165) is 24.3 Å². The first-order valence-electron chi connectivity index (χ1n) is 7.34. The highest BCUT2D eigenvalue weighted by Gasteiger charge is 2.17. The lowest BCUT2D eigenvalue weighted by atomic mass is 10.1. The number of carboxylic acid groups (broad SMARTS) is 2. The Balaban J connectivity index is 2.48. The van der Waals surface area contributed by atoms with Crippen molar-refractivity contribution >= 4 is 22.0 Å². The molecule has 9 nitrogen and oxygen atoms in total. The van der Waals surface area contributed by atoms with Crippen LogP contribution in [0, 0.1) is 13.8 Å². The largest absolute Gasteiger partial charge is 0.478 e. The van der Waals surface area contributed by atoms with Crippen LogP contribution >= 0.6 is 0 Å². The summed E-state index contributed by atoms with van der Waals surface area (Å²) in [7, 11) is -2.40. The van der Waals surface area contributed by atoms with Crippen molar-refractivity contribution in [3.63, 3.8) is 0 Å². The van der Waals surface area contributed by atoms with Crippen LogP contribution in [0.1, 0.15) is 32.1 Å². The van der Waals surface area contributed by atoms with Gasteiger partial charge in [-0.1, -0.05) is 0 Å². The number of carboxylic acids is 2. The highest BCUT2D eigenvalue weighted by atomic mass is 32.2. The topological polar surface area (TPSA) is 138 Å². The van der Waals surface area contributed by atoms with E-state index < -0.39 is 22.0 Å². The Labute approximate surface area is 149 Å². The molecule has 0 bridgehead atoms. The third-order valence-corrected chi connectivity index (χ3v) is 5.13. The molecule has 10 heteroatoms. The number of hydrogen-bond acceptors (Lipinski definition) is 5. The van der Waals surface area contributed by atoms with Gasteiger partial charge in [-0.15, -0.1) is 0 Å². The molecule has 0 spiro atoms. The van der Waals surface area contributed by atoms with Gasteiger partial charge in [-0.2, -0.15) is 18.4 Å². The summed E-state index contributed by atoms with van der Waals surface area (Å²) < 4.78 is 26.3. The van der Waals surface area contributed by atoms with Gasteiger partial charge >= 0.3 is 11.9 Å². The number of nitrogens with zero attached hydrogens (tertiary/aromatic N) is 2. The molecule has 26 heavy (non-hydrogen) atoms. The van der Waals surface area contributed by atoms with Crippen LogP contribution in [0.2, 0.25) is 0 Å². The molecule has 0 unspecified atom stereocenters. The minimum Gasteiger partial charge on any atom is -0.478 e. The van der Waals surface area contributed by atoms with Crippen molar-refractivity contribution in [1.82, 2.24) is 9.40 Å². The predicted octanol–water partition coefficient (Wildman–Crippen LogP) is 0.833. The molecule has 0 saturated heterocycles. The van der Waals surface area contributed by atoms with Crippen molar-refractivity contribution < 1.29 is 28.2 Å². The molecular weight excluding hydrogens is 362 g/mol. The molecule has 0 aliphatic heterocycles. The molecule has 1 aromatic heterocycles. The van der Waals surface area contributed by atoms with Gasteiger partial charge in [0.15, 0.2) is 0 Å². The van der Waals surface area contributed by atoms with Crippen LogP contribution in [-0.4, -0.2) is 35.1 Å². The maximum atomic E-state index is 12.3. The number of carbonyl (C=O) groups is 2. The van der Waals surface area contributed by atoms with E-state index >= 15 is 0 Å². The van der Waals surface area contributed by atoms with Crippen LogP contribution in [0.4, 0.5) is 0 Å². The van der Waals surface area contributed by atoms with Crippen molar-refractivity contribution in [3.8, 4) is 0 Å². The van der Waals surface area contributed by atoms with Gasteiger partial charge in [0, 0.05) is 18.4 Å². The van der Waals surface area contributed by atoms with Crippen LogP contribution in [0.25, 0.3) is 0 Å². The first-order valence-corrected chi connectivity index (χ1v) is 8.82. The number of rotatable bonds is 5. The Morgan fingerprint density at radius 3 is 2.15 bits per heavy atom. The summed E-state index contributed by atoms with van der Waals surface area (Å²) in [5.41, 5.74) is 0.926. The first-order chi connectivity index (χ1) is 12.0. The van der Waals surface area contributed by atoms with Gasteiger partial charge < -0.3 is 14.8 Å². The summed E-state index contributed by atoms with van der Waals surface area (Å²) >= 11 is 0. The first kappa shape index (κ1) is 19.2. The maximum Gasteiger partial charge on any atom is 0.339 e. The van der Waals surface area contributed by atoms with Crippen molar-refractivity contribution in [2.45, 2.75) is 18.7 Å². The highest BCUT2D eigenvalue weighted by molar-refractivity contribution is 7.89. The van der Waals surface area contributed by atoms with Crippen molar-refractivity contribution in [2.24, 2.45) is 12.1 Å². The second-order valence-electron chi connectivity index (χ2n) is 5.53. The summed E-state index contributed by atoms with van der Waals surface area (Å²) in [6.07, 6.45) is 0. The van der Waals surface area contributed by atoms with Gasteiger partial charge in [-0.25, -0.2) is 9.59 Å². The Hall–Kier alpha value is -3.14. The lowest BCUT2D eigenvalue weighted by Gasteiger charge is -2.12. The fourth-order valence-corrected chi connectivity index (χ4v) is 3.09. The number of pyridine rings is 1. The fraction of sp³-hybridized carbons (Fsp3) is 0.188. The molecule has 0 aliphatic carbocycles.